The Morgan fingerprint density at radius 3 is 2.58 bits per heavy atom. The highest BCUT2D eigenvalue weighted by Gasteiger charge is 2.22. The Morgan fingerprint density at radius 1 is 1.00 bits per heavy atom. The van der Waals surface area contributed by atoms with Gasteiger partial charge in [-0.1, -0.05) is 24.3 Å². The summed E-state index contributed by atoms with van der Waals surface area (Å²) in [5, 5.41) is 9.51. The van der Waals surface area contributed by atoms with Crippen molar-refractivity contribution in [1.82, 2.24) is 29.0 Å². The Morgan fingerprint density at radius 2 is 1.81 bits per heavy atom. The molecular weight excluding hydrogens is 456 g/mol. The lowest BCUT2D eigenvalue weighted by molar-refractivity contribution is -0.131. The minimum atomic E-state index is -0.0434. The third-order valence-corrected chi connectivity index (χ3v) is 6.98. The maximum Gasteiger partial charge on any atom is 0.262 e. The average Bonchev–Trinajstić information content (AvgIpc) is 3.17. The van der Waals surface area contributed by atoms with Gasteiger partial charge in [-0.25, -0.2) is 0 Å². The molecule has 9 nitrogen and oxygen atoms in total. The fourth-order valence-corrected chi connectivity index (χ4v) is 4.98. The van der Waals surface area contributed by atoms with E-state index in [9.17, 15) is 9.59 Å². The third kappa shape index (κ3) is 4.70. The standard InChI is InChI=1S/C27H32N6O3/c1-3-32-26(35)22-7-4-5-8-23(22)33-24(28-29-27(32)33)19-30-15-6-16-31(18-17-30)25(34)14-11-20-9-12-21(36-2)13-10-20/h4-5,7-10,12-13H,3,6,11,14-19H2,1-2H3. The van der Waals surface area contributed by atoms with E-state index < -0.39 is 0 Å². The van der Waals surface area contributed by atoms with Crippen molar-refractivity contribution in [2.45, 2.75) is 39.3 Å². The number of aromatic nitrogens is 4. The molecule has 2 aromatic carbocycles. The number of hydrogen-bond donors (Lipinski definition) is 0. The van der Waals surface area contributed by atoms with Crippen LogP contribution >= 0.6 is 0 Å². The average molecular weight is 489 g/mol. The molecule has 0 unspecified atom stereocenters. The van der Waals surface area contributed by atoms with Gasteiger partial charge in [-0.2, -0.15) is 0 Å². The van der Waals surface area contributed by atoms with Crippen LogP contribution in [0.1, 0.15) is 31.2 Å². The van der Waals surface area contributed by atoms with Crippen LogP contribution in [0.2, 0.25) is 0 Å². The number of nitrogens with zero attached hydrogens (tertiary/aromatic N) is 6. The Hall–Kier alpha value is -3.72. The molecule has 3 heterocycles. The summed E-state index contributed by atoms with van der Waals surface area (Å²) >= 11 is 0. The van der Waals surface area contributed by atoms with Crippen LogP contribution in [0.5, 0.6) is 5.75 Å². The lowest BCUT2D eigenvalue weighted by Crippen LogP contribution is -2.35. The van der Waals surface area contributed by atoms with Gasteiger partial charge in [0.25, 0.3) is 5.56 Å². The van der Waals surface area contributed by atoms with E-state index >= 15 is 0 Å². The summed E-state index contributed by atoms with van der Waals surface area (Å²) in [5.41, 5.74) is 1.92. The SMILES string of the molecule is CCn1c(=O)c2ccccc2n2c(CN3CCCN(C(=O)CCc4ccc(OC)cc4)CC3)nnc12. The van der Waals surface area contributed by atoms with Crippen LogP contribution in [0.4, 0.5) is 0 Å². The van der Waals surface area contributed by atoms with Gasteiger partial charge in [0.2, 0.25) is 11.7 Å². The summed E-state index contributed by atoms with van der Waals surface area (Å²) in [4.78, 5) is 30.1. The maximum atomic E-state index is 12.9. The summed E-state index contributed by atoms with van der Waals surface area (Å²) in [6.07, 6.45) is 2.13. The van der Waals surface area contributed by atoms with Crippen LogP contribution in [0.15, 0.2) is 53.3 Å². The second-order valence-corrected chi connectivity index (χ2v) is 9.18. The molecule has 0 bridgehead atoms. The van der Waals surface area contributed by atoms with Crippen molar-refractivity contribution in [3.63, 3.8) is 0 Å². The highest BCUT2D eigenvalue weighted by molar-refractivity contribution is 5.80. The Bertz CT molecular complexity index is 1430. The third-order valence-electron chi connectivity index (χ3n) is 6.98. The molecule has 0 spiro atoms. The number of amides is 1. The molecule has 0 atom stereocenters. The first-order valence-corrected chi connectivity index (χ1v) is 12.6. The van der Waals surface area contributed by atoms with Crippen molar-refractivity contribution in [1.29, 1.82) is 0 Å². The Labute approximate surface area is 209 Å². The van der Waals surface area contributed by atoms with E-state index in [0.29, 0.717) is 37.2 Å². The van der Waals surface area contributed by atoms with E-state index in [1.165, 1.54) is 0 Å². The lowest BCUT2D eigenvalue weighted by atomic mass is 10.1. The number of benzene rings is 2. The molecule has 0 saturated carbocycles. The molecule has 5 rings (SSSR count). The maximum absolute atomic E-state index is 12.9. The molecule has 1 aliphatic heterocycles. The van der Waals surface area contributed by atoms with Crippen LogP contribution in [0.3, 0.4) is 0 Å². The van der Waals surface area contributed by atoms with Crippen LogP contribution in [-0.4, -0.2) is 68.2 Å². The van der Waals surface area contributed by atoms with E-state index in [1.807, 2.05) is 64.8 Å². The predicted octanol–water partition coefficient (Wildman–Crippen LogP) is 2.74. The first-order valence-electron chi connectivity index (χ1n) is 12.6. The van der Waals surface area contributed by atoms with Gasteiger partial charge in [0.05, 0.1) is 24.6 Å². The van der Waals surface area contributed by atoms with Crippen molar-refractivity contribution in [3.8, 4) is 5.75 Å². The second kappa shape index (κ2) is 10.5. The molecular formula is C27H32N6O3. The molecule has 1 saturated heterocycles. The van der Waals surface area contributed by atoms with Gasteiger partial charge in [-0.05, 0) is 49.6 Å². The lowest BCUT2D eigenvalue weighted by Gasteiger charge is -2.22. The number of para-hydroxylation sites is 1. The number of methoxy groups -OCH3 is 1. The topological polar surface area (TPSA) is 85.0 Å². The van der Waals surface area contributed by atoms with E-state index in [0.717, 1.165) is 55.1 Å². The monoisotopic (exact) mass is 488 g/mol. The van der Waals surface area contributed by atoms with Gasteiger partial charge in [0.1, 0.15) is 5.75 Å². The smallest absolute Gasteiger partial charge is 0.262 e. The van der Waals surface area contributed by atoms with E-state index in [1.54, 1.807) is 11.7 Å². The molecule has 188 valence electrons. The van der Waals surface area contributed by atoms with Gasteiger partial charge in [-0.3, -0.25) is 23.5 Å². The number of rotatable bonds is 7. The fourth-order valence-electron chi connectivity index (χ4n) is 4.98. The van der Waals surface area contributed by atoms with Crippen LogP contribution < -0.4 is 10.3 Å². The van der Waals surface area contributed by atoms with Crippen molar-refractivity contribution in [2.75, 3.05) is 33.3 Å². The van der Waals surface area contributed by atoms with Crippen LogP contribution in [0, 0.1) is 0 Å². The van der Waals surface area contributed by atoms with Crippen molar-refractivity contribution >= 4 is 22.6 Å². The largest absolute Gasteiger partial charge is 0.497 e. The minimum absolute atomic E-state index is 0.0434. The zero-order valence-corrected chi connectivity index (χ0v) is 20.9. The molecule has 1 aliphatic rings. The second-order valence-electron chi connectivity index (χ2n) is 9.18. The highest BCUT2D eigenvalue weighted by atomic mass is 16.5. The summed E-state index contributed by atoms with van der Waals surface area (Å²) in [7, 11) is 1.65. The van der Waals surface area contributed by atoms with Gasteiger partial charge in [-0.15, -0.1) is 10.2 Å². The quantitative estimate of drug-likeness (QED) is 0.398. The Kier molecular flexibility index (Phi) is 6.99. The van der Waals surface area contributed by atoms with Crippen molar-refractivity contribution in [2.24, 2.45) is 0 Å². The zero-order valence-electron chi connectivity index (χ0n) is 20.9. The summed E-state index contributed by atoms with van der Waals surface area (Å²) < 4.78 is 8.88. The van der Waals surface area contributed by atoms with E-state index in [4.69, 9.17) is 4.74 Å². The summed E-state index contributed by atoms with van der Waals surface area (Å²) in [5.74, 6) is 2.40. The predicted molar refractivity (Wildman–Crippen MR) is 138 cm³/mol. The van der Waals surface area contributed by atoms with Gasteiger partial charge in [0.15, 0.2) is 5.82 Å². The molecule has 1 fully saturated rings. The van der Waals surface area contributed by atoms with Gasteiger partial charge in [0, 0.05) is 39.1 Å². The summed E-state index contributed by atoms with van der Waals surface area (Å²) in [6.45, 7) is 6.19. The summed E-state index contributed by atoms with van der Waals surface area (Å²) in [6, 6.07) is 15.5. The molecule has 0 radical (unpaired) electrons. The normalized spacial score (nSPS) is 14.9. The van der Waals surface area contributed by atoms with Crippen LogP contribution in [-0.2, 0) is 24.3 Å². The molecule has 1 amide bonds. The number of carbonyl (C=O) groups excluding carboxylic acids is 1. The molecule has 2 aromatic heterocycles. The molecule has 0 N–H and O–H groups in total. The van der Waals surface area contributed by atoms with Crippen molar-refractivity contribution in [3.05, 3.63) is 70.3 Å². The Balaban J connectivity index is 1.27. The first-order chi connectivity index (χ1) is 17.6. The molecule has 0 aliphatic carbocycles. The first kappa shape index (κ1) is 24.0. The van der Waals surface area contributed by atoms with E-state index in [-0.39, 0.29) is 11.5 Å². The number of fused-ring (bicyclic) bond motifs is 3. The minimum Gasteiger partial charge on any atom is -0.497 e. The van der Waals surface area contributed by atoms with Gasteiger partial charge < -0.3 is 9.64 Å². The molecule has 36 heavy (non-hydrogen) atoms. The van der Waals surface area contributed by atoms with Gasteiger partial charge >= 0.3 is 0 Å². The van der Waals surface area contributed by atoms with Crippen LogP contribution in [0.25, 0.3) is 16.7 Å². The number of carbonyl (C=O) groups is 1. The molecule has 4 aromatic rings. The zero-order chi connectivity index (χ0) is 25.1. The number of hydrogen-bond acceptors (Lipinski definition) is 6. The number of aryl methyl sites for hydroxylation is 2. The highest BCUT2D eigenvalue weighted by Crippen LogP contribution is 2.17. The fraction of sp³-hybridized carbons (Fsp3) is 0.407. The van der Waals surface area contributed by atoms with Crippen molar-refractivity contribution < 1.29 is 9.53 Å². The van der Waals surface area contributed by atoms with E-state index in [2.05, 4.69) is 15.1 Å². The molecule has 9 heteroatoms. The number of ether oxygens (including phenoxy) is 1.